The van der Waals surface area contributed by atoms with Crippen molar-refractivity contribution in [1.82, 2.24) is 0 Å². The topological polar surface area (TPSA) is 17.1 Å². The van der Waals surface area contributed by atoms with Crippen molar-refractivity contribution >= 4 is 5.78 Å². The average molecular weight is 248 g/mol. The Balaban J connectivity index is 1.66. The van der Waals surface area contributed by atoms with Crippen LogP contribution >= 0.6 is 0 Å². The number of ketones is 1. The van der Waals surface area contributed by atoms with Crippen molar-refractivity contribution in [2.24, 2.45) is 5.41 Å². The van der Waals surface area contributed by atoms with E-state index in [0.29, 0.717) is 5.78 Å². The van der Waals surface area contributed by atoms with Gasteiger partial charge in [0.15, 0.2) is 5.78 Å². The van der Waals surface area contributed by atoms with E-state index in [-0.39, 0.29) is 10.8 Å². The normalized spacial score (nSPS) is 30.6. The van der Waals surface area contributed by atoms with Crippen LogP contribution in [0.25, 0.3) is 0 Å². The van der Waals surface area contributed by atoms with Crippen LogP contribution in [-0.4, -0.2) is 5.78 Å². The highest BCUT2D eigenvalue weighted by molar-refractivity contribution is 6.08. The minimum Gasteiger partial charge on any atom is -0.294 e. The largest absolute Gasteiger partial charge is 0.294 e. The number of hydrogen-bond donors (Lipinski definition) is 0. The summed E-state index contributed by atoms with van der Waals surface area (Å²) < 4.78 is 0. The van der Waals surface area contributed by atoms with Crippen LogP contribution in [0.4, 0.5) is 0 Å². The molecule has 4 rings (SSSR count). The standard InChI is InChI=1S/C18H16O/c1-13-6-5-9-15(10-13)17-11-18(17,12-17)16(19)14-7-3-2-4-8-14/h2-10H,11-12H2,1H3. The van der Waals surface area contributed by atoms with Gasteiger partial charge in [0.25, 0.3) is 0 Å². The van der Waals surface area contributed by atoms with Gasteiger partial charge < -0.3 is 0 Å². The van der Waals surface area contributed by atoms with Crippen LogP contribution in [0.15, 0.2) is 54.6 Å². The number of aryl methyl sites for hydroxylation is 1. The van der Waals surface area contributed by atoms with Crippen LogP contribution < -0.4 is 0 Å². The number of carbonyl (C=O) groups is 1. The molecule has 2 fully saturated rings. The van der Waals surface area contributed by atoms with Crippen molar-refractivity contribution in [2.45, 2.75) is 25.2 Å². The van der Waals surface area contributed by atoms with Gasteiger partial charge in [-0.15, -0.1) is 0 Å². The zero-order valence-corrected chi connectivity index (χ0v) is 11.0. The first kappa shape index (κ1) is 11.0. The zero-order chi connectivity index (χ0) is 13.1. The SMILES string of the molecule is Cc1cccc(C23CC2(C(=O)c2ccccc2)C3)c1. The van der Waals surface area contributed by atoms with Gasteiger partial charge in [-0.2, -0.15) is 0 Å². The van der Waals surface area contributed by atoms with Gasteiger partial charge in [-0.3, -0.25) is 4.79 Å². The van der Waals surface area contributed by atoms with Crippen LogP contribution in [0, 0.1) is 12.3 Å². The predicted molar refractivity (Wildman–Crippen MR) is 75.3 cm³/mol. The maximum Gasteiger partial charge on any atom is 0.169 e. The molecule has 2 aliphatic carbocycles. The van der Waals surface area contributed by atoms with Gasteiger partial charge in [-0.1, -0.05) is 60.2 Å². The molecule has 94 valence electrons. The van der Waals surface area contributed by atoms with Crippen LogP contribution in [0.5, 0.6) is 0 Å². The Morgan fingerprint density at radius 2 is 1.74 bits per heavy atom. The maximum absolute atomic E-state index is 12.6. The molecule has 19 heavy (non-hydrogen) atoms. The van der Waals surface area contributed by atoms with Crippen LogP contribution in [0.2, 0.25) is 0 Å². The van der Waals surface area contributed by atoms with Gasteiger partial charge in [0, 0.05) is 16.4 Å². The molecule has 1 heteroatoms. The Morgan fingerprint density at radius 3 is 2.42 bits per heavy atom. The maximum atomic E-state index is 12.6. The highest BCUT2D eigenvalue weighted by Crippen LogP contribution is 2.86. The monoisotopic (exact) mass is 248 g/mol. The lowest BCUT2D eigenvalue weighted by Gasteiger charge is -2.03. The molecule has 0 aromatic heterocycles. The smallest absolute Gasteiger partial charge is 0.169 e. The number of fused-ring (bicyclic) bond motifs is 1. The number of rotatable bonds is 3. The number of Topliss-reactive ketones (excluding diaryl/α,β-unsaturated/α-hetero) is 1. The van der Waals surface area contributed by atoms with E-state index in [1.807, 2.05) is 30.3 Å². The first-order valence-corrected chi connectivity index (χ1v) is 6.85. The van der Waals surface area contributed by atoms with E-state index in [9.17, 15) is 4.79 Å². The van der Waals surface area contributed by atoms with E-state index in [0.717, 1.165) is 18.4 Å². The highest BCUT2D eigenvalue weighted by atomic mass is 16.1. The van der Waals surface area contributed by atoms with Gasteiger partial charge in [-0.25, -0.2) is 0 Å². The molecule has 0 atom stereocenters. The summed E-state index contributed by atoms with van der Waals surface area (Å²) in [5.74, 6) is 0.342. The van der Waals surface area contributed by atoms with E-state index in [4.69, 9.17) is 0 Å². The van der Waals surface area contributed by atoms with Gasteiger partial charge >= 0.3 is 0 Å². The Morgan fingerprint density at radius 1 is 1.00 bits per heavy atom. The van der Waals surface area contributed by atoms with Crippen molar-refractivity contribution in [1.29, 1.82) is 0 Å². The van der Waals surface area contributed by atoms with Crippen molar-refractivity contribution < 1.29 is 4.79 Å². The van der Waals surface area contributed by atoms with E-state index in [1.54, 1.807) is 0 Å². The van der Waals surface area contributed by atoms with Crippen molar-refractivity contribution in [2.75, 3.05) is 0 Å². The third-order valence-electron chi connectivity index (χ3n) is 4.91. The average Bonchev–Trinajstić information content (AvgIpc) is 3.26. The molecule has 0 N–H and O–H groups in total. The first-order valence-electron chi connectivity index (χ1n) is 6.85. The Labute approximate surface area is 113 Å². The van der Waals surface area contributed by atoms with Crippen LogP contribution in [0.3, 0.4) is 0 Å². The molecule has 0 bridgehead atoms. The van der Waals surface area contributed by atoms with Crippen LogP contribution in [0.1, 0.15) is 34.3 Å². The van der Waals surface area contributed by atoms with E-state index in [1.165, 1.54) is 11.1 Å². The summed E-state index contributed by atoms with van der Waals surface area (Å²) in [6.07, 6.45) is 2.08. The summed E-state index contributed by atoms with van der Waals surface area (Å²) in [7, 11) is 0. The van der Waals surface area contributed by atoms with E-state index >= 15 is 0 Å². The van der Waals surface area contributed by atoms with Gasteiger partial charge in [0.05, 0.1) is 0 Å². The molecular weight excluding hydrogens is 232 g/mol. The molecule has 0 unspecified atom stereocenters. The molecule has 0 spiro atoms. The lowest BCUT2D eigenvalue weighted by atomic mass is 10.0. The summed E-state index contributed by atoms with van der Waals surface area (Å²) in [4.78, 5) is 12.6. The van der Waals surface area contributed by atoms with Crippen molar-refractivity contribution in [3.05, 3.63) is 71.3 Å². The highest BCUT2D eigenvalue weighted by Gasteiger charge is 2.86. The summed E-state index contributed by atoms with van der Waals surface area (Å²) in [5.41, 5.74) is 3.62. The molecule has 0 aliphatic heterocycles. The second kappa shape index (κ2) is 3.36. The fraction of sp³-hybridized carbons (Fsp3) is 0.278. The Bertz CT molecular complexity index is 663. The summed E-state index contributed by atoms with van der Waals surface area (Å²) in [5, 5.41) is 0. The lowest BCUT2D eigenvalue weighted by Crippen LogP contribution is -2.07. The fourth-order valence-electron chi connectivity index (χ4n) is 3.56. The van der Waals surface area contributed by atoms with Gasteiger partial charge in [-0.05, 0) is 25.3 Å². The molecule has 2 aromatic carbocycles. The minimum atomic E-state index is -0.0673. The second-order valence-corrected chi connectivity index (χ2v) is 6.08. The molecular formula is C18H16O. The Hall–Kier alpha value is -1.89. The molecule has 2 saturated carbocycles. The summed E-state index contributed by atoms with van der Waals surface area (Å²) in [6, 6.07) is 18.4. The van der Waals surface area contributed by atoms with E-state index in [2.05, 4.69) is 31.2 Å². The van der Waals surface area contributed by atoms with E-state index < -0.39 is 0 Å². The lowest BCUT2D eigenvalue weighted by molar-refractivity contribution is 0.0936. The number of benzene rings is 2. The summed E-state index contributed by atoms with van der Waals surface area (Å²) >= 11 is 0. The molecule has 0 radical (unpaired) electrons. The van der Waals surface area contributed by atoms with Crippen molar-refractivity contribution in [3.63, 3.8) is 0 Å². The molecule has 0 amide bonds. The summed E-state index contributed by atoms with van der Waals surface area (Å²) in [6.45, 7) is 2.12. The third kappa shape index (κ3) is 1.33. The Kier molecular flexibility index (Phi) is 1.94. The predicted octanol–water partition coefficient (Wildman–Crippen LogP) is 3.91. The third-order valence-corrected chi connectivity index (χ3v) is 4.91. The minimum absolute atomic E-state index is 0.0673. The number of hydrogen-bond acceptors (Lipinski definition) is 1. The molecule has 0 heterocycles. The van der Waals surface area contributed by atoms with Crippen molar-refractivity contribution in [3.8, 4) is 0 Å². The second-order valence-electron chi connectivity index (χ2n) is 6.08. The molecule has 0 saturated heterocycles. The molecule has 1 nitrogen and oxygen atoms in total. The fourth-order valence-corrected chi connectivity index (χ4v) is 3.56. The van der Waals surface area contributed by atoms with Crippen LogP contribution in [-0.2, 0) is 5.41 Å². The van der Waals surface area contributed by atoms with Gasteiger partial charge in [0.2, 0.25) is 0 Å². The first-order chi connectivity index (χ1) is 9.18. The molecule has 2 aliphatic rings. The quantitative estimate of drug-likeness (QED) is 0.753. The molecule has 2 aromatic rings. The van der Waals surface area contributed by atoms with Gasteiger partial charge in [0.1, 0.15) is 0 Å². The zero-order valence-electron chi connectivity index (χ0n) is 11.0. The number of carbonyl (C=O) groups excluding carboxylic acids is 1.